The molecular weight excluding hydrogens is 272 g/mol. The first-order chi connectivity index (χ1) is 6.98. The Morgan fingerprint density at radius 2 is 1.50 bits per heavy atom. The highest BCUT2D eigenvalue weighted by molar-refractivity contribution is 7.87. The lowest BCUT2D eigenvalue weighted by molar-refractivity contribution is -0.143. The Morgan fingerprint density at radius 1 is 1.19 bits per heavy atom. The van der Waals surface area contributed by atoms with E-state index in [9.17, 15) is 18.0 Å². The molecule has 0 aromatic carbocycles. The minimum Gasteiger partial charge on any atom is -0.481 e. The standard InChI is InChI=1S/C4H6O7S.H2O3S/c5-3(6)1-2(4(7)8)12(9,10)11;1-4(2)3/h2H,1H2,(H,5,6)(H,7,8)(H,9,10,11);4H,(H,1,2,3). The summed E-state index contributed by atoms with van der Waals surface area (Å²) in [5.41, 5.74) is 0. The lowest BCUT2D eigenvalue weighted by atomic mass is 10.3. The van der Waals surface area contributed by atoms with Gasteiger partial charge in [0.15, 0.2) is 5.25 Å². The molecule has 0 aliphatic carbocycles. The van der Waals surface area contributed by atoms with E-state index >= 15 is 0 Å². The summed E-state index contributed by atoms with van der Waals surface area (Å²) >= 11 is 0. The quantitative estimate of drug-likeness (QED) is 0.281. The first kappa shape index (κ1) is 17.2. The summed E-state index contributed by atoms with van der Waals surface area (Å²) in [7, 11) is -7.96. The Balaban J connectivity index is 0. The van der Waals surface area contributed by atoms with Crippen LogP contribution in [0.2, 0.25) is 0 Å². The molecule has 0 fully saturated rings. The topological polar surface area (TPSA) is 183 Å². The van der Waals surface area contributed by atoms with E-state index in [0.29, 0.717) is 0 Å². The van der Waals surface area contributed by atoms with E-state index in [1.165, 1.54) is 0 Å². The Morgan fingerprint density at radius 3 is 1.56 bits per heavy atom. The summed E-state index contributed by atoms with van der Waals surface area (Å²) in [6.07, 6.45) is -1.16. The second-order valence-corrected chi connectivity index (χ2v) is 4.25. The van der Waals surface area contributed by atoms with Crippen LogP contribution in [-0.2, 0) is 30.7 Å². The van der Waals surface area contributed by atoms with Crippen LogP contribution in [0.4, 0.5) is 0 Å². The van der Waals surface area contributed by atoms with Crippen molar-refractivity contribution >= 4 is 33.0 Å². The van der Waals surface area contributed by atoms with Crippen LogP contribution in [0.5, 0.6) is 0 Å². The Hall–Kier alpha value is -1.24. The number of aliphatic carboxylic acids is 2. The second-order valence-electron chi connectivity index (χ2n) is 2.18. The maximum absolute atomic E-state index is 10.2. The van der Waals surface area contributed by atoms with Gasteiger partial charge in [-0.15, -0.1) is 0 Å². The zero-order valence-corrected chi connectivity index (χ0v) is 9.09. The van der Waals surface area contributed by atoms with Crippen molar-refractivity contribution in [3.8, 4) is 0 Å². The van der Waals surface area contributed by atoms with Crippen molar-refractivity contribution in [2.45, 2.75) is 11.7 Å². The van der Waals surface area contributed by atoms with Crippen molar-refractivity contribution in [3.05, 3.63) is 0 Å². The molecule has 0 aliphatic heterocycles. The van der Waals surface area contributed by atoms with Crippen molar-refractivity contribution in [2.75, 3.05) is 0 Å². The predicted molar refractivity (Wildman–Crippen MR) is 48.2 cm³/mol. The molecule has 0 spiro atoms. The molecule has 12 heteroatoms. The largest absolute Gasteiger partial charge is 0.481 e. The molecule has 0 saturated carbocycles. The van der Waals surface area contributed by atoms with Gasteiger partial charge in [0.2, 0.25) is 0 Å². The molecule has 1 unspecified atom stereocenters. The number of carboxylic acid groups (broad SMARTS) is 2. The van der Waals surface area contributed by atoms with E-state index in [4.69, 9.17) is 27.7 Å². The molecular formula is C4H8O10S2. The van der Waals surface area contributed by atoms with Crippen LogP contribution in [0.3, 0.4) is 0 Å². The lowest BCUT2D eigenvalue weighted by Crippen LogP contribution is -2.31. The molecule has 0 rings (SSSR count). The van der Waals surface area contributed by atoms with Crippen molar-refractivity contribution in [3.63, 3.8) is 0 Å². The van der Waals surface area contributed by atoms with Crippen molar-refractivity contribution < 1.29 is 45.7 Å². The lowest BCUT2D eigenvalue weighted by Gasteiger charge is -2.04. The molecule has 0 bridgehead atoms. The van der Waals surface area contributed by atoms with Gasteiger partial charge in [0.1, 0.15) is 0 Å². The molecule has 0 aromatic rings. The molecule has 16 heavy (non-hydrogen) atoms. The highest BCUT2D eigenvalue weighted by Gasteiger charge is 2.33. The molecule has 4 N–H and O–H groups in total. The molecule has 0 radical (unpaired) electrons. The van der Waals surface area contributed by atoms with Crippen molar-refractivity contribution in [2.24, 2.45) is 0 Å². The third kappa shape index (κ3) is 10.8. The maximum atomic E-state index is 10.2. The zero-order valence-electron chi connectivity index (χ0n) is 7.38. The minimum absolute atomic E-state index is 1.16. The second kappa shape index (κ2) is 7.10. The first-order valence-electron chi connectivity index (χ1n) is 3.22. The van der Waals surface area contributed by atoms with E-state index in [1.54, 1.807) is 0 Å². The van der Waals surface area contributed by atoms with E-state index in [-0.39, 0.29) is 0 Å². The fourth-order valence-corrected chi connectivity index (χ4v) is 1.09. The number of hydrogen-bond acceptors (Lipinski definition) is 6. The van der Waals surface area contributed by atoms with Gasteiger partial charge in [-0.3, -0.25) is 18.7 Å². The van der Waals surface area contributed by atoms with Gasteiger partial charge in [-0.2, -0.15) is 8.42 Å². The van der Waals surface area contributed by atoms with Crippen LogP contribution >= 0.6 is 0 Å². The van der Waals surface area contributed by atoms with Gasteiger partial charge >= 0.3 is 11.9 Å². The van der Waals surface area contributed by atoms with Gasteiger partial charge in [0.25, 0.3) is 21.1 Å². The fourth-order valence-electron chi connectivity index (χ4n) is 0.479. The van der Waals surface area contributed by atoms with Gasteiger partial charge in [0.05, 0.1) is 6.42 Å². The number of carbonyl (C=O) groups is 2. The van der Waals surface area contributed by atoms with Gasteiger partial charge in [0, 0.05) is 0 Å². The normalized spacial score (nSPS) is 12.4. The Kier molecular flexibility index (Phi) is 7.62. The van der Waals surface area contributed by atoms with Gasteiger partial charge in [-0.25, -0.2) is 8.42 Å². The van der Waals surface area contributed by atoms with E-state index in [2.05, 4.69) is 0 Å². The first-order valence-corrected chi connectivity index (χ1v) is 5.86. The summed E-state index contributed by atoms with van der Waals surface area (Å²) in [6, 6.07) is 0. The molecule has 0 heterocycles. The summed E-state index contributed by atoms with van der Waals surface area (Å²) in [5, 5.41) is 13.9. The van der Waals surface area contributed by atoms with Crippen molar-refractivity contribution in [1.29, 1.82) is 0 Å². The third-order valence-electron chi connectivity index (χ3n) is 0.995. The summed E-state index contributed by atoms with van der Waals surface area (Å²) < 4.78 is 52.9. The SMILES string of the molecule is O=C(O)CC(C(=O)O)S(=O)(=O)O.O=[SH](=O)O. The number of thiol groups is 1. The molecule has 1 atom stereocenters. The zero-order chi connectivity index (χ0) is 13.5. The van der Waals surface area contributed by atoms with Crippen LogP contribution in [0.25, 0.3) is 0 Å². The van der Waals surface area contributed by atoms with Gasteiger partial charge in [-0.1, -0.05) is 0 Å². The van der Waals surface area contributed by atoms with Gasteiger partial charge in [-0.05, 0) is 0 Å². The number of carboxylic acids is 2. The van der Waals surface area contributed by atoms with Crippen LogP contribution in [0.15, 0.2) is 0 Å². The average molecular weight is 280 g/mol. The van der Waals surface area contributed by atoms with E-state index in [1.807, 2.05) is 0 Å². The molecule has 0 amide bonds. The molecule has 0 saturated heterocycles. The minimum atomic E-state index is -4.84. The monoisotopic (exact) mass is 280 g/mol. The molecule has 96 valence electrons. The highest BCUT2D eigenvalue weighted by atomic mass is 32.2. The average Bonchev–Trinajstić information content (AvgIpc) is 1.95. The summed E-state index contributed by atoms with van der Waals surface area (Å²) in [4.78, 5) is 20.0. The van der Waals surface area contributed by atoms with Crippen LogP contribution in [-0.4, -0.2) is 53.3 Å². The summed E-state index contributed by atoms with van der Waals surface area (Å²) in [5.74, 6) is -3.50. The number of rotatable bonds is 4. The third-order valence-corrected chi connectivity index (χ3v) is 2.08. The maximum Gasteiger partial charge on any atom is 0.325 e. The molecule has 10 nitrogen and oxygen atoms in total. The van der Waals surface area contributed by atoms with Gasteiger partial charge < -0.3 is 10.2 Å². The Bertz CT molecular complexity index is 408. The molecule has 0 aliphatic rings. The smallest absolute Gasteiger partial charge is 0.325 e. The Labute approximate surface area is 91.0 Å². The number of hydrogen-bond donors (Lipinski definition) is 5. The fraction of sp³-hybridized carbons (Fsp3) is 0.500. The van der Waals surface area contributed by atoms with Crippen molar-refractivity contribution in [1.82, 2.24) is 0 Å². The van der Waals surface area contributed by atoms with E-state index < -0.39 is 44.7 Å². The van der Waals surface area contributed by atoms with E-state index in [0.717, 1.165) is 0 Å². The van der Waals surface area contributed by atoms with Crippen LogP contribution in [0, 0.1) is 0 Å². The van der Waals surface area contributed by atoms with Crippen LogP contribution < -0.4 is 0 Å². The van der Waals surface area contributed by atoms with Crippen LogP contribution in [0.1, 0.15) is 6.42 Å². The predicted octanol–water partition coefficient (Wildman–Crippen LogP) is -2.13. The highest BCUT2D eigenvalue weighted by Crippen LogP contribution is 2.04. The molecule has 0 aromatic heterocycles. The summed E-state index contributed by atoms with van der Waals surface area (Å²) in [6.45, 7) is 0.